The molecule has 1 aromatic heterocycles. The lowest BCUT2D eigenvalue weighted by atomic mass is 10.1. The number of rotatable bonds is 2. The molecule has 3 aliphatic rings. The minimum absolute atomic E-state index is 0.260. The van der Waals surface area contributed by atoms with Crippen LogP contribution in [0.4, 0.5) is 11.4 Å². The predicted octanol–water partition coefficient (Wildman–Crippen LogP) is 4.33. The number of carbonyl (C=O) groups is 1. The predicted molar refractivity (Wildman–Crippen MR) is 115 cm³/mol. The van der Waals surface area contributed by atoms with E-state index < -0.39 is 0 Å². The van der Waals surface area contributed by atoms with Gasteiger partial charge in [-0.15, -0.1) is 10.2 Å². The van der Waals surface area contributed by atoms with Gasteiger partial charge in [-0.1, -0.05) is 6.42 Å². The first-order valence-electron chi connectivity index (χ1n) is 10.9. The van der Waals surface area contributed by atoms with Gasteiger partial charge in [0.25, 0.3) is 0 Å². The maximum atomic E-state index is 12.0. The second-order valence-corrected chi connectivity index (χ2v) is 8.35. The number of nitrogens with zero attached hydrogens (tertiary/aromatic N) is 4. The molecule has 0 radical (unpaired) electrons. The highest BCUT2D eigenvalue weighted by Gasteiger charge is 2.25. The summed E-state index contributed by atoms with van der Waals surface area (Å²) in [4.78, 5) is 14.3. The molecule has 0 N–H and O–H groups in total. The van der Waals surface area contributed by atoms with Gasteiger partial charge in [0, 0.05) is 36.2 Å². The van der Waals surface area contributed by atoms with Crippen molar-refractivity contribution in [2.24, 2.45) is 0 Å². The molecule has 30 heavy (non-hydrogen) atoms. The maximum absolute atomic E-state index is 12.0. The first kappa shape index (κ1) is 17.7. The first-order valence-corrected chi connectivity index (χ1v) is 10.9. The quantitative estimate of drug-likeness (QED) is 0.641. The van der Waals surface area contributed by atoms with Gasteiger partial charge in [0.2, 0.25) is 0 Å². The van der Waals surface area contributed by atoms with E-state index in [4.69, 9.17) is 4.74 Å². The van der Waals surface area contributed by atoms with Crippen molar-refractivity contribution in [3.63, 3.8) is 0 Å². The average Bonchev–Trinajstić information content (AvgIpc) is 3.27. The highest BCUT2D eigenvalue weighted by Crippen LogP contribution is 2.40. The van der Waals surface area contributed by atoms with Crippen molar-refractivity contribution in [2.75, 3.05) is 18.1 Å². The summed E-state index contributed by atoms with van der Waals surface area (Å²) in [6.07, 6.45) is 6.09. The number of ketones is 1. The van der Waals surface area contributed by atoms with Crippen LogP contribution in [0.25, 0.3) is 11.4 Å². The topological polar surface area (TPSA) is 60.3 Å². The first-order chi connectivity index (χ1) is 14.8. The Bertz CT molecular complexity index is 1150. The molecule has 6 nitrogen and oxygen atoms in total. The van der Waals surface area contributed by atoms with E-state index in [0.717, 1.165) is 71.4 Å². The van der Waals surface area contributed by atoms with Gasteiger partial charge in [-0.05, 0) is 61.2 Å². The zero-order chi connectivity index (χ0) is 20.1. The second-order valence-electron chi connectivity index (χ2n) is 8.35. The SMILES string of the molecule is O=C1CCc2cc(N3CCOc4cc(-c5nnc6n5CCCCC6)ccc43)ccc21. The third-order valence-electron chi connectivity index (χ3n) is 6.51. The molecule has 0 amide bonds. The molecule has 152 valence electrons. The van der Waals surface area contributed by atoms with Crippen LogP contribution < -0.4 is 9.64 Å². The van der Waals surface area contributed by atoms with Gasteiger partial charge < -0.3 is 14.2 Å². The standard InChI is InChI=1S/C24H24N4O2/c29-21-10-6-16-14-18(7-8-19(16)21)27-12-13-30-22-15-17(5-9-20(22)27)24-26-25-23-4-2-1-3-11-28(23)24/h5,7-9,14-15H,1-4,6,10-13H2. The molecule has 0 saturated heterocycles. The third-order valence-corrected chi connectivity index (χ3v) is 6.51. The van der Waals surface area contributed by atoms with E-state index in [0.29, 0.717) is 13.0 Å². The van der Waals surface area contributed by atoms with E-state index in [1.807, 2.05) is 6.07 Å². The van der Waals surface area contributed by atoms with Crippen LogP contribution >= 0.6 is 0 Å². The molecule has 1 aliphatic carbocycles. The number of aryl methyl sites for hydroxylation is 2. The Labute approximate surface area is 175 Å². The Balaban J connectivity index is 1.36. The van der Waals surface area contributed by atoms with E-state index in [1.165, 1.54) is 19.3 Å². The zero-order valence-corrected chi connectivity index (χ0v) is 16.9. The fraction of sp³-hybridized carbons (Fsp3) is 0.375. The van der Waals surface area contributed by atoms with Gasteiger partial charge in [-0.25, -0.2) is 0 Å². The molecular weight excluding hydrogens is 376 g/mol. The number of aromatic nitrogens is 3. The Morgan fingerprint density at radius 1 is 0.900 bits per heavy atom. The Morgan fingerprint density at radius 2 is 1.87 bits per heavy atom. The van der Waals surface area contributed by atoms with Crippen molar-refractivity contribution in [1.82, 2.24) is 14.8 Å². The lowest BCUT2D eigenvalue weighted by Crippen LogP contribution is -2.28. The summed E-state index contributed by atoms with van der Waals surface area (Å²) in [6, 6.07) is 12.6. The molecule has 3 aromatic rings. The van der Waals surface area contributed by atoms with Crippen LogP contribution in [0.15, 0.2) is 36.4 Å². The minimum atomic E-state index is 0.260. The molecule has 6 heteroatoms. The summed E-state index contributed by atoms with van der Waals surface area (Å²) in [5.74, 6) is 3.17. The van der Waals surface area contributed by atoms with Gasteiger partial charge in [0.15, 0.2) is 11.6 Å². The monoisotopic (exact) mass is 400 g/mol. The molecule has 6 rings (SSSR count). The number of hydrogen-bond donors (Lipinski definition) is 0. The van der Waals surface area contributed by atoms with Crippen LogP contribution in [-0.4, -0.2) is 33.7 Å². The molecule has 0 saturated carbocycles. The number of fused-ring (bicyclic) bond motifs is 3. The molecule has 0 unspecified atom stereocenters. The van der Waals surface area contributed by atoms with Crippen molar-refractivity contribution in [1.29, 1.82) is 0 Å². The number of anilines is 2. The number of Topliss-reactive ketones (excluding diaryl/α,β-unsaturated/α-hetero) is 1. The lowest BCUT2D eigenvalue weighted by molar-refractivity contribution is 0.0994. The second kappa shape index (κ2) is 6.97. The fourth-order valence-electron chi connectivity index (χ4n) is 4.94. The van der Waals surface area contributed by atoms with Crippen LogP contribution in [0, 0.1) is 0 Å². The molecule has 2 aliphatic heterocycles. The van der Waals surface area contributed by atoms with Crippen LogP contribution in [0.2, 0.25) is 0 Å². The summed E-state index contributed by atoms with van der Waals surface area (Å²) in [5.41, 5.74) is 5.28. The Hall–Kier alpha value is -3.15. The van der Waals surface area contributed by atoms with Gasteiger partial charge in [0.1, 0.15) is 18.2 Å². The summed E-state index contributed by atoms with van der Waals surface area (Å²) in [6.45, 7) is 2.40. The van der Waals surface area contributed by atoms with Crippen LogP contribution in [0.5, 0.6) is 5.75 Å². The summed E-state index contributed by atoms with van der Waals surface area (Å²) in [5, 5.41) is 8.94. The van der Waals surface area contributed by atoms with Crippen LogP contribution in [0.3, 0.4) is 0 Å². The molecule has 0 fully saturated rings. The molecule has 0 bridgehead atoms. The highest BCUT2D eigenvalue weighted by atomic mass is 16.5. The largest absolute Gasteiger partial charge is 0.490 e. The van der Waals surface area contributed by atoms with Crippen molar-refractivity contribution in [2.45, 2.75) is 45.1 Å². The van der Waals surface area contributed by atoms with E-state index in [1.54, 1.807) is 0 Å². The molecule has 0 spiro atoms. The number of carbonyl (C=O) groups excluding carboxylic acids is 1. The van der Waals surface area contributed by atoms with Gasteiger partial charge in [-0.3, -0.25) is 4.79 Å². The maximum Gasteiger partial charge on any atom is 0.164 e. The highest BCUT2D eigenvalue weighted by molar-refractivity contribution is 6.01. The van der Waals surface area contributed by atoms with Crippen molar-refractivity contribution >= 4 is 17.2 Å². The average molecular weight is 400 g/mol. The number of hydrogen-bond acceptors (Lipinski definition) is 5. The molecule has 2 aromatic carbocycles. The molecular formula is C24H24N4O2. The van der Waals surface area contributed by atoms with E-state index in [9.17, 15) is 4.79 Å². The number of benzene rings is 2. The molecule has 3 heterocycles. The van der Waals surface area contributed by atoms with Gasteiger partial charge in [0.05, 0.1) is 12.2 Å². The van der Waals surface area contributed by atoms with E-state index in [2.05, 4.69) is 50.0 Å². The normalized spacial score (nSPS) is 17.7. The van der Waals surface area contributed by atoms with Gasteiger partial charge >= 0.3 is 0 Å². The van der Waals surface area contributed by atoms with Crippen LogP contribution in [-0.2, 0) is 19.4 Å². The van der Waals surface area contributed by atoms with Crippen molar-refractivity contribution in [3.05, 3.63) is 53.3 Å². The lowest BCUT2D eigenvalue weighted by Gasteiger charge is -2.32. The zero-order valence-electron chi connectivity index (χ0n) is 16.9. The summed E-state index contributed by atoms with van der Waals surface area (Å²) in [7, 11) is 0. The van der Waals surface area contributed by atoms with Crippen molar-refractivity contribution < 1.29 is 9.53 Å². The van der Waals surface area contributed by atoms with Gasteiger partial charge in [-0.2, -0.15) is 0 Å². The molecule has 0 atom stereocenters. The minimum Gasteiger partial charge on any atom is -0.490 e. The Morgan fingerprint density at radius 3 is 2.83 bits per heavy atom. The van der Waals surface area contributed by atoms with E-state index >= 15 is 0 Å². The van der Waals surface area contributed by atoms with Crippen molar-refractivity contribution in [3.8, 4) is 17.1 Å². The third kappa shape index (κ3) is 2.82. The van der Waals surface area contributed by atoms with Crippen LogP contribution in [0.1, 0.15) is 47.4 Å². The fourth-order valence-corrected chi connectivity index (χ4v) is 4.94. The summed E-state index contributed by atoms with van der Waals surface area (Å²) >= 11 is 0. The van der Waals surface area contributed by atoms with E-state index in [-0.39, 0.29) is 5.78 Å². The summed E-state index contributed by atoms with van der Waals surface area (Å²) < 4.78 is 8.31. The number of ether oxygens (including phenoxy) is 1. The smallest absolute Gasteiger partial charge is 0.164 e. The Kier molecular flexibility index (Phi) is 4.11.